The van der Waals surface area contributed by atoms with Crippen molar-refractivity contribution in [3.05, 3.63) is 0 Å². The zero-order valence-electron chi connectivity index (χ0n) is 4.73. The zero-order valence-corrected chi connectivity index (χ0v) is 6.78. The molecule has 53 valence electrons. The number of ether oxygens (including phenoxy) is 1. The maximum Gasteiger partial charge on any atom is 0.350 e. The van der Waals surface area contributed by atoms with Gasteiger partial charge in [-0.2, -0.15) is 9.12 Å². The lowest BCUT2D eigenvalue weighted by Crippen LogP contribution is -1.99. The first-order chi connectivity index (χ1) is 4.06. The second-order valence-electron chi connectivity index (χ2n) is 1.40. The van der Waals surface area contributed by atoms with Gasteiger partial charge in [0, 0.05) is 6.51 Å². The molecule has 0 fully saturated rings. The molecular weight excluding hydrogens is 161 g/mol. The largest absolute Gasteiger partial charge is 0.377 e. The molecule has 0 aromatic rings. The van der Waals surface area contributed by atoms with Crippen molar-refractivity contribution < 1.29 is 19.1 Å². The van der Waals surface area contributed by atoms with Crippen LogP contribution in [0.1, 0.15) is 0 Å². The molecule has 0 aliphatic carbocycles. The highest BCUT2D eigenvalue weighted by Crippen LogP contribution is 2.33. The minimum absolute atomic E-state index is 0.246. The van der Waals surface area contributed by atoms with Crippen LogP contribution in [0.5, 0.6) is 0 Å². The predicted molar refractivity (Wildman–Crippen MR) is 38.3 cm³/mol. The maximum atomic E-state index is 10.1. The van der Waals surface area contributed by atoms with Gasteiger partial charge in [0.15, 0.2) is 7.00 Å². The quantitative estimate of drug-likeness (QED) is 0.341. The van der Waals surface area contributed by atoms with Crippen LogP contribution >= 0.6 is 16.7 Å². The van der Waals surface area contributed by atoms with Crippen LogP contribution in [0.15, 0.2) is 0 Å². The van der Waals surface area contributed by atoms with Gasteiger partial charge in [0.05, 0.1) is 0 Å². The Morgan fingerprint density at radius 2 is 2.22 bits per heavy atom. The smallest absolute Gasteiger partial charge is 0.350 e. The van der Waals surface area contributed by atoms with E-state index in [1.165, 1.54) is 0 Å². The fourth-order valence-electron chi connectivity index (χ4n) is 0.240. The molecule has 0 heterocycles. The summed E-state index contributed by atoms with van der Waals surface area (Å²) >= 11 is 0. The summed E-state index contributed by atoms with van der Waals surface area (Å²) in [4.78, 5) is 16.4. The Morgan fingerprint density at radius 3 is 2.56 bits per heavy atom. The van der Waals surface area contributed by atoms with Crippen LogP contribution in [0, 0.1) is 0 Å². The molecule has 1 atom stereocenters. The molecule has 0 amide bonds. The van der Waals surface area contributed by atoms with Gasteiger partial charge in [0.25, 0.3) is 0 Å². The molecule has 0 bridgehead atoms. The van der Waals surface area contributed by atoms with Crippen LogP contribution in [0.2, 0.25) is 0 Å². The molecule has 0 aromatic heterocycles. The Morgan fingerprint density at radius 1 is 1.67 bits per heavy atom. The molecule has 4 nitrogen and oxygen atoms in total. The molecule has 0 aromatic carbocycles. The van der Waals surface area contributed by atoms with Gasteiger partial charge in [-0.05, 0) is 0 Å². The highest BCUT2D eigenvalue weighted by atomic mass is 31.2. The predicted octanol–water partition coefficient (Wildman–Crippen LogP) is -0.410. The fraction of sp³-hybridized carbons (Fsp3) is 1.00. The minimum Gasteiger partial charge on any atom is -0.377 e. The van der Waals surface area contributed by atoms with Crippen LogP contribution in [0.25, 0.3) is 0 Å². The monoisotopic (exact) mass is 169 g/mol. The van der Waals surface area contributed by atoms with E-state index in [9.17, 15) is 4.57 Å². The molecule has 0 aliphatic heterocycles. The summed E-state index contributed by atoms with van der Waals surface area (Å²) in [6, 6.07) is 0. The van der Waals surface area contributed by atoms with Crippen LogP contribution in [-0.2, 0) is 9.30 Å². The number of hydrogen-bond acceptors (Lipinski definition) is 2. The summed E-state index contributed by atoms with van der Waals surface area (Å²) in [5.74, 6) is 0. The van der Waals surface area contributed by atoms with E-state index < -0.39 is 13.9 Å². The first-order valence-electron chi connectivity index (χ1n) is 2.22. The normalized spacial score (nSPS) is 11.4. The van der Waals surface area contributed by atoms with E-state index in [2.05, 4.69) is 13.9 Å². The Labute approximate surface area is 56.5 Å². The van der Waals surface area contributed by atoms with Gasteiger partial charge in [-0.25, -0.2) is 0 Å². The van der Waals surface area contributed by atoms with Crippen molar-refractivity contribution in [1.29, 1.82) is 0 Å². The van der Waals surface area contributed by atoms with Crippen LogP contribution in [-0.4, -0.2) is 29.6 Å². The fourth-order valence-corrected chi connectivity index (χ4v) is 0.719. The molecule has 0 saturated carbocycles. The highest BCUT2D eigenvalue weighted by Gasteiger charge is 2.11. The first-order valence-corrected chi connectivity index (χ1v) is 4.68. The second kappa shape index (κ2) is 4.43. The van der Waals surface area contributed by atoms with E-state index in [4.69, 9.17) is 9.79 Å². The lowest BCUT2D eigenvalue weighted by molar-refractivity contribution is 0.199. The molecule has 0 aliphatic rings. The molecule has 9 heavy (non-hydrogen) atoms. The molecular formula is C2H8BO4P2. The summed E-state index contributed by atoms with van der Waals surface area (Å²) in [5, 5.41) is 0. The van der Waals surface area contributed by atoms with Gasteiger partial charge in [-0.3, -0.25) is 4.57 Å². The summed E-state index contributed by atoms with van der Waals surface area (Å²) in [5.41, 5.74) is 0. The van der Waals surface area contributed by atoms with E-state index in [1.54, 1.807) is 7.00 Å². The van der Waals surface area contributed by atoms with Gasteiger partial charge >= 0.3 is 7.60 Å². The van der Waals surface area contributed by atoms with E-state index in [1.807, 2.05) is 0 Å². The topological polar surface area (TPSA) is 66.8 Å². The average Bonchev–Trinajstić information content (AvgIpc) is 1.63. The van der Waals surface area contributed by atoms with Crippen molar-refractivity contribution in [3.63, 3.8) is 0 Å². The van der Waals surface area contributed by atoms with E-state index in [0.717, 1.165) is 0 Å². The molecule has 0 spiro atoms. The molecule has 7 heteroatoms. The van der Waals surface area contributed by atoms with Gasteiger partial charge < -0.3 is 14.5 Å². The van der Waals surface area contributed by atoms with Crippen molar-refractivity contribution in [2.75, 3.05) is 12.9 Å². The van der Waals surface area contributed by atoms with Gasteiger partial charge in [0.1, 0.15) is 6.35 Å². The maximum absolute atomic E-state index is 10.1. The lowest BCUT2D eigenvalue weighted by atomic mass is 10.2. The summed E-state index contributed by atoms with van der Waals surface area (Å²) in [6.07, 6.45) is -0.502. The minimum atomic E-state index is -3.95. The van der Waals surface area contributed by atoms with Gasteiger partial charge in [-0.1, -0.05) is 0 Å². The lowest BCUT2D eigenvalue weighted by Gasteiger charge is -2.02. The third kappa shape index (κ3) is 8.60. The Bertz CT molecular complexity index is 111. The van der Waals surface area contributed by atoms with Crippen molar-refractivity contribution >= 4 is 23.7 Å². The van der Waals surface area contributed by atoms with E-state index in [-0.39, 0.29) is 6.51 Å². The average molecular weight is 169 g/mol. The molecule has 2 N–H and O–H groups in total. The van der Waals surface area contributed by atoms with E-state index >= 15 is 0 Å². The standard InChI is InChI=1S/C2H8BO4P2/c4-9(5,6)2-7-1-3-8/h1-2,8H2,(H2,4,5,6). The van der Waals surface area contributed by atoms with Crippen molar-refractivity contribution in [3.8, 4) is 0 Å². The van der Waals surface area contributed by atoms with Gasteiger partial charge in [0.2, 0.25) is 0 Å². The molecule has 0 saturated heterocycles. The van der Waals surface area contributed by atoms with Crippen LogP contribution in [0.4, 0.5) is 0 Å². The second-order valence-corrected chi connectivity index (χ2v) is 3.46. The van der Waals surface area contributed by atoms with Crippen LogP contribution in [0.3, 0.4) is 0 Å². The first kappa shape index (κ1) is 9.60. The molecule has 0 rings (SSSR count). The third-order valence-electron chi connectivity index (χ3n) is 0.474. The Kier molecular flexibility index (Phi) is 4.72. The number of hydrogen-bond donors (Lipinski definition) is 2. The van der Waals surface area contributed by atoms with Crippen molar-refractivity contribution in [2.45, 2.75) is 0 Å². The summed E-state index contributed by atoms with van der Waals surface area (Å²) < 4.78 is 14.6. The number of rotatable bonds is 4. The third-order valence-corrected chi connectivity index (χ3v) is 1.18. The summed E-state index contributed by atoms with van der Waals surface area (Å²) in [6.45, 7) is 1.84. The Hall–Kier alpha value is 0.605. The van der Waals surface area contributed by atoms with Crippen molar-refractivity contribution in [1.82, 2.24) is 0 Å². The van der Waals surface area contributed by atoms with Crippen molar-refractivity contribution in [2.24, 2.45) is 0 Å². The molecule has 1 unspecified atom stereocenters. The zero-order chi connectivity index (χ0) is 7.33. The van der Waals surface area contributed by atoms with Crippen LogP contribution < -0.4 is 0 Å². The van der Waals surface area contributed by atoms with E-state index in [0.29, 0.717) is 0 Å². The highest BCUT2D eigenvalue weighted by molar-refractivity contribution is 7.55. The van der Waals surface area contributed by atoms with Gasteiger partial charge in [-0.15, -0.1) is 0 Å². The summed E-state index contributed by atoms with van der Waals surface area (Å²) in [7, 11) is -1.68. The molecule has 1 radical (unpaired) electrons. The SMILES string of the molecule is O=P(O)(O)COC[B]P. The Balaban J connectivity index is 3.18.